The Morgan fingerprint density at radius 1 is 1.27 bits per heavy atom. The minimum Gasteiger partial charge on any atom is -0.415 e. The van der Waals surface area contributed by atoms with Crippen molar-refractivity contribution in [2.75, 3.05) is 6.61 Å². The molecule has 0 aliphatic rings. The third-order valence-corrected chi connectivity index (χ3v) is 1.76. The Bertz CT molecular complexity index is 102. The van der Waals surface area contributed by atoms with Crippen LogP contribution in [0.3, 0.4) is 0 Å². The Hall–Kier alpha value is -0.0831. The fourth-order valence-corrected chi connectivity index (χ4v) is 1.21. The number of allylic oxidation sites excluding steroid dienone is 1. The van der Waals surface area contributed by atoms with E-state index < -0.39 is 0 Å². The summed E-state index contributed by atoms with van der Waals surface area (Å²) in [5.74, 6) is 0. The van der Waals surface area contributed by atoms with Crippen LogP contribution >= 0.6 is 0 Å². The average Bonchev–Trinajstić information content (AvgIpc) is 2.01. The van der Waals surface area contributed by atoms with E-state index in [4.69, 9.17) is 4.43 Å². The molecule has 11 heavy (non-hydrogen) atoms. The van der Waals surface area contributed by atoms with E-state index in [-0.39, 0.29) is 0 Å². The van der Waals surface area contributed by atoms with Gasteiger partial charge in [0.1, 0.15) is 0 Å². The summed E-state index contributed by atoms with van der Waals surface area (Å²) >= 11 is 0. The molecular weight excluding hydrogens is 152 g/mol. The summed E-state index contributed by atoms with van der Waals surface area (Å²) in [5, 5.41) is 0. The van der Waals surface area contributed by atoms with Gasteiger partial charge in [-0.2, -0.15) is 0 Å². The summed E-state index contributed by atoms with van der Waals surface area (Å²) < 4.78 is 4.79. The molecule has 0 saturated heterocycles. The van der Waals surface area contributed by atoms with Crippen LogP contribution in [0.4, 0.5) is 0 Å². The summed E-state index contributed by atoms with van der Waals surface area (Å²) in [5.41, 5.74) is 1.52. The van der Waals surface area contributed by atoms with Crippen molar-refractivity contribution in [3.63, 3.8) is 0 Å². The summed E-state index contributed by atoms with van der Waals surface area (Å²) in [7, 11) is 2.98. The normalized spacial score (nSPS) is 9.73. The second kappa shape index (κ2) is 8.02. The zero-order valence-electron chi connectivity index (χ0n) is 7.52. The lowest BCUT2D eigenvalue weighted by atomic mass is 10.1. The van der Waals surface area contributed by atoms with Crippen LogP contribution < -0.4 is 0 Å². The summed E-state index contributed by atoms with van der Waals surface area (Å²) in [6.07, 6.45) is 7.05. The smallest absolute Gasteiger partial charge is 0.246 e. The fourth-order valence-electron chi connectivity index (χ4n) is 1.13. The van der Waals surface area contributed by atoms with Gasteiger partial charge in [0.2, 0.25) is 10.5 Å². The monoisotopic (exact) mass is 169 g/mol. The largest absolute Gasteiger partial charge is 0.415 e. The first-order valence-corrected chi connectivity index (χ1v) is 4.72. The standard InChI is InChI=1S/C9H17OSi/c1-3-5-9(6-4-2)7-8-10-11/h7H,3-6,8H2,1-2H3. The zero-order valence-corrected chi connectivity index (χ0v) is 8.52. The molecule has 0 saturated carbocycles. The number of hydrogen-bond acceptors (Lipinski definition) is 1. The van der Waals surface area contributed by atoms with Crippen LogP contribution in [0, 0.1) is 0 Å². The first-order valence-electron chi connectivity index (χ1n) is 4.31. The highest BCUT2D eigenvalue weighted by Crippen LogP contribution is 2.11. The van der Waals surface area contributed by atoms with Crippen molar-refractivity contribution < 1.29 is 4.43 Å². The molecule has 0 aromatic carbocycles. The van der Waals surface area contributed by atoms with Gasteiger partial charge in [0.25, 0.3) is 0 Å². The molecule has 0 aromatic heterocycles. The fraction of sp³-hybridized carbons (Fsp3) is 0.778. The highest BCUT2D eigenvalue weighted by Gasteiger charge is 1.92. The lowest BCUT2D eigenvalue weighted by Gasteiger charge is -2.03. The van der Waals surface area contributed by atoms with Crippen molar-refractivity contribution in [2.24, 2.45) is 0 Å². The van der Waals surface area contributed by atoms with Gasteiger partial charge in [-0.05, 0) is 12.8 Å². The first kappa shape index (κ1) is 10.9. The number of rotatable bonds is 6. The molecule has 0 heterocycles. The molecule has 63 valence electrons. The van der Waals surface area contributed by atoms with Gasteiger partial charge in [0, 0.05) is 0 Å². The highest BCUT2D eigenvalue weighted by molar-refractivity contribution is 5.98. The van der Waals surface area contributed by atoms with Crippen LogP contribution in [-0.2, 0) is 4.43 Å². The van der Waals surface area contributed by atoms with E-state index in [1.807, 2.05) is 0 Å². The quantitative estimate of drug-likeness (QED) is 0.439. The highest BCUT2D eigenvalue weighted by atomic mass is 28.2. The van der Waals surface area contributed by atoms with E-state index in [1.165, 1.54) is 31.3 Å². The zero-order chi connectivity index (χ0) is 8.53. The van der Waals surface area contributed by atoms with E-state index >= 15 is 0 Å². The van der Waals surface area contributed by atoms with Gasteiger partial charge in [-0.15, -0.1) is 0 Å². The van der Waals surface area contributed by atoms with E-state index in [0.717, 1.165) is 0 Å². The minimum absolute atomic E-state index is 0.687. The molecule has 0 rings (SSSR count). The van der Waals surface area contributed by atoms with E-state index in [2.05, 4.69) is 30.4 Å². The van der Waals surface area contributed by atoms with Gasteiger partial charge < -0.3 is 4.43 Å². The van der Waals surface area contributed by atoms with Gasteiger partial charge in [-0.1, -0.05) is 38.3 Å². The van der Waals surface area contributed by atoms with Crippen molar-refractivity contribution >= 4 is 10.5 Å². The summed E-state index contributed by atoms with van der Waals surface area (Å²) in [6.45, 7) is 5.10. The Morgan fingerprint density at radius 3 is 2.18 bits per heavy atom. The lowest BCUT2D eigenvalue weighted by molar-refractivity contribution is 0.399. The van der Waals surface area contributed by atoms with Crippen molar-refractivity contribution in [1.29, 1.82) is 0 Å². The molecule has 0 unspecified atom stereocenters. The van der Waals surface area contributed by atoms with Gasteiger partial charge in [-0.25, -0.2) is 0 Å². The molecule has 0 aliphatic heterocycles. The Balaban J connectivity index is 3.66. The van der Waals surface area contributed by atoms with Gasteiger partial charge >= 0.3 is 0 Å². The van der Waals surface area contributed by atoms with E-state index in [9.17, 15) is 0 Å². The molecule has 2 heteroatoms. The SMILES string of the molecule is CCCC(=CCO[Si])CCC. The Labute approximate surface area is 73.4 Å². The molecule has 0 aromatic rings. The molecule has 0 aliphatic carbocycles. The second-order valence-corrected chi connectivity index (χ2v) is 2.96. The summed E-state index contributed by atoms with van der Waals surface area (Å²) in [6, 6.07) is 0. The van der Waals surface area contributed by atoms with E-state index in [0.29, 0.717) is 6.61 Å². The molecule has 0 bridgehead atoms. The van der Waals surface area contributed by atoms with Crippen LogP contribution in [0.2, 0.25) is 0 Å². The molecule has 0 amide bonds. The lowest BCUT2D eigenvalue weighted by Crippen LogP contribution is -1.89. The third kappa shape index (κ3) is 6.32. The maximum atomic E-state index is 4.79. The van der Waals surface area contributed by atoms with Crippen molar-refractivity contribution in [3.05, 3.63) is 11.6 Å². The second-order valence-electron chi connectivity index (χ2n) is 2.67. The molecule has 0 N–H and O–H groups in total. The molecule has 3 radical (unpaired) electrons. The van der Waals surface area contributed by atoms with Gasteiger partial charge in [0.05, 0.1) is 6.61 Å². The van der Waals surface area contributed by atoms with E-state index in [1.54, 1.807) is 0 Å². The van der Waals surface area contributed by atoms with Crippen LogP contribution in [-0.4, -0.2) is 17.1 Å². The summed E-state index contributed by atoms with van der Waals surface area (Å²) in [4.78, 5) is 0. The molecule has 0 fully saturated rings. The molecule has 0 spiro atoms. The topological polar surface area (TPSA) is 9.23 Å². The third-order valence-electron chi connectivity index (χ3n) is 1.60. The molecule has 1 nitrogen and oxygen atoms in total. The van der Waals surface area contributed by atoms with Crippen LogP contribution in [0.25, 0.3) is 0 Å². The van der Waals surface area contributed by atoms with Crippen LogP contribution in [0.1, 0.15) is 39.5 Å². The predicted molar refractivity (Wildman–Crippen MR) is 49.6 cm³/mol. The number of hydrogen-bond donors (Lipinski definition) is 0. The Kier molecular flexibility index (Phi) is 7.96. The first-order chi connectivity index (χ1) is 5.35. The minimum atomic E-state index is 0.687. The molecule has 0 atom stereocenters. The maximum Gasteiger partial charge on any atom is 0.246 e. The van der Waals surface area contributed by atoms with Gasteiger partial charge in [-0.3, -0.25) is 0 Å². The van der Waals surface area contributed by atoms with Crippen molar-refractivity contribution in [1.82, 2.24) is 0 Å². The van der Waals surface area contributed by atoms with Gasteiger partial charge in [0.15, 0.2) is 0 Å². The predicted octanol–water partition coefficient (Wildman–Crippen LogP) is 2.61. The maximum absolute atomic E-state index is 4.79. The average molecular weight is 169 g/mol. The van der Waals surface area contributed by atoms with Crippen LogP contribution in [0.5, 0.6) is 0 Å². The van der Waals surface area contributed by atoms with Crippen LogP contribution in [0.15, 0.2) is 11.6 Å². The molecular formula is C9H17OSi. The Morgan fingerprint density at radius 2 is 1.82 bits per heavy atom. The van der Waals surface area contributed by atoms with Crippen molar-refractivity contribution in [3.8, 4) is 0 Å². The van der Waals surface area contributed by atoms with Crippen molar-refractivity contribution in [2.45, 2.75) is 39.5 Å².